The summed E-state index contributed by atoms with van der Waals surface area (Å²) in [6.45, 7) is 2.83. The third-order valence-corrected chi connectivity index (χ3v) is 3.74. The zero-order valence-electron chi connectivity index (χ0n) is 10.2. The van der Waals surface area contributed by atoms with E-state index in [-0.39, 0.29) is 17.2 Å². The summed E-state index contributed by atoms with van der Waals surface area (Å²) >= 11 is 5.82. The number of hydrogen-bond acceptors (Lipinski definition) is 3. The van der Waals surface area contributed by atoms with Gasteiger partial charge in [0, 0.05) is 31.2 Å². The van der Waals surface area contributed by atoms with E-state index in [1.165, 1.54) is 0 Å². The maximum absolute atomic E-state index is 12.3. The lowest BCUT2D eigenvalue weighted by atomic mass is 10.1. The van der Waals surface area contributed by atoms with Crippen LogP contribution in [0.25, 0.3) is 11.0 Å². The zero-order chi connectivity index (χ0) is 12.9. The Labute approximate surface area is 109 Å². The van der Waals surface area contributed by atoms with Crippen LogP contribution in [0.1, 0.15) is 23.8 Å². The maximum atomic E-state index is 12.3. The van der Waals surface area contributed by atoms with Crippen molar-refractivity contribution in [3.05, 3.63) is 23.2 Å². The van der Waals surface area contributed by atoms with Gasteiger partial charge >= 0.3 is 0 Å². The molecule has 0 bridgehead atoms. The summed E-state index contributed by atoms with van der Waals surface area (Å²) in [5.41, 5.74) is 1.40. The van der Waals surface area contributed by atoms with Crippen molar-refractivity contribution < 1.29 is 4.79 Å². The van der Waals surface area contributed by atoms with Crippen LogP contribution in [-0.4, -0.2) is 38.4 Å². The fraction of sp³-hybridized carbons (Fsp3) is 0.417. The Balaban J connectivity index is 2.23. The number of aromatic nitrogens is 3. The molecule has 3 rings (SSSR count). The molecule has 0 aliphatic carbocycles. The van der Waals surface area contributed by atoms with Gasteiger partial charge in [0.25, 0.3) is 5.91 Å². The molecule has 0 aromatic carbocycles. The molecule has 3 heterocycles. The lowest BCUT2D eigenvalue weighted by molar-refractivity contribution is 0.0654. The highest BCUT2D eigenvalue weighted by Crippen LogP contribution is 2.25. The summed E-state index contributed by atoms with van der Waals surface area (Å²) in [4.78, 5) is 22.2. The Hall–Kier alpha value is -1.62. The van der Waals surface area contributed by atoms with Crippen LogP contribution in [0.5, 0.6) is 0 Å². The lowest BCUT2D eigenvalue weighted by Gasteiger charge is -2.33. The van der Waals surface area contributed by atoms with Gasteiger partial charge in [0.15, 0.2) is 0 Å². The van der Waals surface area contributed by atoms with Crippen LogP contribution < -0.4 is 0 Å². The molecule has 0 N–H and O–H groups in total. The summed E-state index contributed by atoms with van der Waals surface area (Å²) in [5, 5.41) is 1.07. The third kappa shape index (κ3) is 1.50. The Kier molecular flexibility index (Phi) is 2.52. The molecule has 6 heteroatoms. The second-order valence-corrected chi connectivity index (χ2v) is 4.87. The molecule has 1 atom stereocenters. The fourth-order valence-electron chi connectivity index (χ4n) is 2.46. The van der Waals surface area contributed by atoms with Gasteiger partial charge in [-0.05, 0) is 24.1 Å². The number of nitrogens with zero attached hydrogens (tertiary/aromatic N) is 4. The van der Waals surface area contributed by atoms with E-state index in [4.69, 9.17) is 11.6 Å². The van der Waals surface area contributed by atoms with E-state index >= 15 is 0 Å². The van der Waals surface area contributed by atoms with E-state index in [1.807, 2.05) is 17.7 Å². The molecule has 1 aliphatic heterocycles. The first kappa shape index (κ1) is 11.5. The molecular formula is C12H13ClN4O. The molecule has 94 valence electrons. The highest BCUT2D eigenvalue weighted by Gasteiger charge is 2.30. The first-order valence-electron chi connectivity index (χ1n) is 5.90. The average molecular weight is 265 g/mol. The van der Waals surface area contributed by atoms with Crippen molar-refractivity contribution in [1.29, 1.82) is 0 Å². The predicted molar refractivity (Wildman–Crippen MR) is 68.7 cm³/mol. The lowest BCUT2D eigenvalue weighted by Crippen LogP contribution is -2.45. The van der Waals surface area contributed by atoms with E-state index in [1.54, 1.807) is 11.1 Å². The van der Waals surface area contributed by atoms with Crippen LogP contribution in [0.2, 0.25) is 5.28 Å². The van der Waals surface area contributed by atoms with Gasteiger partial charge in [0.05, 0.1) is 0 Å². The van der Waals surface area contributed by atoms with Gasteiger partial charge in [-0.2, -0.15) is 4.98 Å². The zero-order valence-corrected chi connectivity index (χ0v) is 11.0. The first-order valence-corrected chi connectivity index (χ1v) is 6.28. The number of hydrogen-bond donors (Lipinski definition) is 0. The van der Waals surface area contributed by atoms with Crippen molar-refractivity contribution in [2.75, 3.05) is 7.05 Å². The van der Waals surface area contributed by atoms with Crippen molar-refractivity contribution in [3.8, 4) is 0 Å². The van der Waals surface area contributed by atoms with Crippen molar-refractivity contribution in [2.24, 2.45) is 0 Å². The Morgan fingerprint density at radius 1 is 1.56 bits per heavy atom. The van der Waals surface area contributed by atoms with E-state index < -0.39 is 0 Å². The molecule has 0 fully saturated rings. The van der Waals surface area contributed by atoms with Crippen LogP contribution in [0.15, 0.2) is 12.3 Å². The van der Waals surface area contributed by atoms with E-state index in [9.17, 15) is 4.79 Å². The number of carbonyl (C=O) groups is 1. The van der Waals surface area contributed by atoms with Gasteiger partial charge in [0.2, 0.25) is 5.28 Å². The molecular weight excluding hydrogens is 252 g/mol. The number of amides is 1. The molecule has 0 spiro atoms. The third-order valence-electron chi connectivity index (χ3n) is 3.56. The minimum atomic E-state index is 0.0298. The van der Waals surface area contributed by atoms with Crippen molar-refractivity contribution in [3.63, 3.8) is 0 Å². The van der Waals surface area contributed by atoms with Gasteiger partial charge < -0.3 is 9.47 Å². The van der Waals surface area contributed by atoms with Gasteiger partial charge in [-0.3, -0.25) is 4.79 Å². The van der Waals surface area contributed by atoms with Crippen molar-refractivity contribution >= 4 is 28.5 Å². The Morgan fingerprint density at radius 2 is 2.33 bits per heavy atom. The number of carbonyl (C=O) groups excluding carboxylic acids is 1. The van der Waals surface area contributed by atoms with Gasteiger partial charge in [-0.15, -0.1) is 0 Å². The summed E-state index contributed by atoms with van der Waals surface area (Å²) < 4.78 is 1.94. The van der Waals surface area contributed by atoms with Crippen molar-refractivity contribution in [1.82, 2.24) is 19.4 Å². The van der Waals surface area contributed by atoms with E-state index in [2.05, 4.69) is 16.9 Å². The molecule has 5 nitrogen and oxygen atoms in total. The molecule has 2 aromatic heterocycles. The highest BCUT2D eigenvalue weighted by molar-refractivity contribution is 6.28. The molecule has 0 radical (unpaired) electrons. The fourth-order valence-corrected chi connectivity index (χ4v) is 2.59. The minimum Gasteiger partial charge on any atom is -0.336 e. The minimum absolute atomic E-state index is 0.0298. The summed E-state index contributed by atoms with van der Waals surface area (Å²) in [6, 6.07) is 2.03. The number of fused-ring (bicyclic) bond motifs is 3. The van der Waals surface area contributed by atoms with Crippen LogP contribution in [0, 0.1) is 0 Å². The monoisotopic (exact) mass is 264 g/mol. The molecule has 18 heavy (non-hydrogen) atoms. The molecule has 1 amide bonds. The molecule has 1 unspecified atom stereocenters. The highest BCUT2D eigenvalue weighted by atomic mass is 35.5. The average Bonchev–Trinajstić information content (AvgIpc) is 2.72. The smallest absolute Gasteiger partial charge is 0.270 e. The number of likely N-dealkylation sites (N-methyl/N-ethyl adjacent to an activating group) is 1. The van der Waals surface area contributed by atoms with E-state index in [0.717, 1.165) is 24.0 Å². The molecule has 0 saturated carbocycles. The topological polar surface area (TPSA) is 51.0 Å². The summed E-state index contributed by atoms with van der Waals surface area (Å²) in [7, 11) is 1.84. The summed E-state index contributed by atoms with van der Waals surface area (Å²) in [6.07, 6.45) is 2.57. The maximum Gasteiger partial charge on any atom is 0.270 e. The number of halogens is 1. The summed E-state index contributed by atoms with van der Waals surface area (Å²) in [5.74, 6) is 0.0298. The number of rotatable bonds is 1. The SMILES string of the molecule is CCC1Cn2c(cc3cnc(Cl)nc32)C(=O)N1C. The molecule has 0 saturated heterocycles. The largest absolute Gasteiger partial charge is 0.336 e. The van der Waals surface area contributed by atoms with Crippen molar-refractivity contribution in [2.45, 2.75) is 25.9 Å². The van der Waals surface area contributed by atoms with Gasteiger partial charge in [-0.25, -0.2) is 4.98 Å². The van der Waals surface area contributed by atoms with Crippen LogP contribution in [-0.2, 0) is 6.54 Å². The molecule has 1 aliphatic rings. The van der Waals surface area contributed by atoms with Gasteiger partial charge in [0.1, 0.15) is 11.3 Å². The van der Waals surface area contributed by atoms with Crippen LogP contribution in [0.3, 0.4) is 0 Å². The predicted octanol–water partition coefficient (Wildman–Crippen LogP) is 1.95. The van der Waals surface area contributed by atoms with Crippen LogP contribution >= 0.6 is 11.6 Å². The first-order chi connectivity index (χ1) is 8.61. The Morgan fingerprint density at radius 3 is 3.06 bits per heavy atom. The molecule has 2 aromatic rings. The second kappa shape index (κ2) is 3.95. The quantitative estimate of drug-likeness (QED) is 0.740. The normalized spacial score (nSPS) is 19.4. The van der Waals surface area contributed by atoms with Crippen LogP contribution in [0.4, 0.5) is 0 Å². The van der Waals surface area contributed by atoms with Gasteiger partial charge in [-0.1, -0.05) is 6.92 Å². The Bertz CT molecular complexity index is 636. The second-order valence-electron chi connectivity index (χ2n) is 4.54. The standard InChI is InChI=1S/C12H13ClN4O/c1-3-8-6-17-9(11(18)16(8)2)4-7-5-14-12(13)15-10(7)17/h4-5,8H,3,6H2,1-2H3. The van der Waals surface area contributed by atoms with E-state index in [0.29, 0.717) is 5.69 Å².